The van der Waals surface area contributed by atoms with Crippen LogP contribution in [0.3, 0.4) is 0 Å². The SMILES string of the molecule is C[C@@H](/C=C/CC(=O)N1Cc2ccccc2C[C@H]1CO)[C@]1(O)C(=O)N(Cc2cccc(N3C(=O)CCc4ccccc43)c2)c2ccccc21. The number of benzene rings is 4. The van der Waals surface area contributed by atoms with Crippen molar-refractivity contribution in [1.82, 2.24) is 4.90 Å². The molecule has 3 aliphatic heterocycles. The van der Waals surface area contributed by atoms with Gasteiger partial charge in [-0.05, 0) is 59.4 Å². The summed E-state index contributed by atoms with van der Waals surface area (Å²) in [4.78, 5) is 45.6. The molecule has 0 saturated heterocycles. The predicted molar refractivity (Wildman–Crippen MR) is 184 cm³/mol. The molecule has 0 fully saturated rings. The smallest absolute Gasteiger partial charge is 0.264 e. The first-order valence-corrected chi connectivity index (χ1v) is 16.6. The number of carbonyl (C=O) groups is 3. The second-order valence-corrected chi connectivity index (χ2v) is 13.0. The second kappa shape index (κ2) is 12.9. The van der Waals surface area contributed by atoms with E-state index < -0.39 is 17.4 Å². The van der Waals surface area contributed by atoms with Crippen LogP contribution in [0.4, 0.5) is 17.1 Å². The molecule has 0 radical (unpaired) electrons. The largest absolute Gasteiger partial charge is 0.394 e. The number of para-hydroxylation sites is 2. The summed E-state index contributed by atoms with van der Waals surface area (Å²) in [5.41, 5.74) is 5.10. The molecule has 7 rings (SSSR count). The number of aliphatic hydroxyl groups excluding tert-OH is 1. The van der Waals surface area contributed by atoms with Crippen LogP contribution in [-0.2, 0) is 45.9 Å². The number of fused-ring (bicyclic) bond motifs is 3. The molecule has 3 amide bonds. The third-order valence-electron chi connectivity index (χ3n) is 10.0. The molecule has 48 heavy (non-hydrogen) atoms. The van der Waals surface area contributed by atoms with E-state index in [1.54, 1.807) is 39.8 Å². The van der Waals surface area contributed by atoms with Crippen molar-refractivity contribution in [3.8, 4) is 0 Å². The van der Waals surface area contributed by atoms with Crippen LogP contribution >= 0.6 is 0 Å². The number of rotatable bonds is 8. The van der Waals surface area contributed by atoms with Crippen molar-refractivity contribution in [3.63, 3.8) is 0 Å². The molecule has 0 saturated carbocycles. The third-order valence-corrected chi connectivity index (χ3v) is 10.0. The van der Waals surface area contributed by atoms with E-state index in [0.717, 1.165) is 33.6 Å². The number of anilines is 3. The van der Waals surface area contributed by atoms with Gasteiger partial charge in [0.15, 0.2) is 5.60 Å². The molecule has 244 valence electrons. The minimum absolute atomic E-state index is 0.0268. The lowest BCUT2D eigenvalue weighted by Crippen LogP contribution is -2.46. The van der Waals surface area contributed by atoms with Gasteiger partial charge in [0.1, 0.15) is 0 Å². The first-order valence-electron chi connectivity index (χ1n) is 16.6. The summed E-state index contributed by atoms with van der Waals surface area (Å²) in [6.45, 7) is 2.32. The fourth-order valence-electron chi connectivity index (χ4n) is 7.42. The van der Waals surface area contributed by atoms with Crippen LogP contribution in [-0.4, -0.2) is 45.5 Å². The van der Waals surface area contributed by atoms with Gasteiger partial charge in [-0.25, -0.2) is 0 Å². The van der Waals surface area contributed by atoms with Gasteiger partial charge in [-0.2, -0.15) is 0 Å². The fourth-order valence-corrected chi connectivity index (χ4v) is 7.42. The molecule has 3 atom stereocenters. The Hall–Kier alpha value is -5.05. The Balaban J connectivity index is 1.09. The molecule has 4 aromatic rings. The predicted octanol–water partition coefficient (Wildman–Crippen LogP) is 5.56. The fraction of sp³-hybridized carbons (Fsp3) is 0.275. The van der Waals surface area contributed by atoms with E-state index in [-0.39, 0.29) is 37.4 Å². The van der Waals surface area contributed by atoms with Gasteiger partial charge in [0, 0.05) is 36.6 Å². The Labute approximate surface area is 280 Å². The van der Waals surface area contributed by atoms with E-state index in [1.165, 1.54) is 0 Å². The van der Waals surface area contributed by atoms with E-state index in [2.05, 4.69) is 0 Å². The highest BCUT2D eigenvalue weighted by molar-refractivity contribution is 6.07. The van der Waals surface area contributed by atoms with Crippen molar-refractivity contribution in [2.75, 3.05) is 16.4 Å². The number of hydrogen-bond donors (Lipinski definition) is 2. The molecule has 0 aromatic heterocycles. The maximum atomic E-state index is 14.1. The maximum Gasteiger partial charge on any atom is 0.264 e. The number of aryl methyl sites for hydroxylation is 1. The standard InChI is InChI=1S/C40H39N3O5/c1-27(10-8-19-37(45)41-25-31-14-3-2-13-30(31)23-33(41)26-44)40(48)34-16-5-7-18-36(34)42(39(40)47)24-28-11-9-15-32(22-28)43-35-17-6-4-12-29(35)20-21-38(43)46/h2-18,22,27,33,44,48H,19-21,23-26H2,1H3/b10-8+/t27-,33-,40+/m0/s1. The minimum atomic E-state index is -1.83. The summed E-state index contributed by atoms with van der Waals surface area (Å²) in [7, 11) is 0. The zero-order chi connectivity index (χ0) is 33.4. The van der Waals surface area contributed by atoms with E-state index in [9.17, 15) is 24.6 Å². The molecule has 0 aliphatic carbocycles. The summed E-state index contributed by atoms with van der Waals surface area (Å²) in [6.07, 6.45) is 5.28. The zero-order valence-corrected chi connectivity index (χ0v) is 27.0. The Morgan fingerprint density at radius 2 is 1.60 bits per heavy atom. The first kappa shape index (κ1) is 31.5. The normalized spacial score (nSPS) is 20.9. The number of aliphatic hydroxyl groups is 2. The molecule has 4 aromatic carbocycles. The van der Waals surface area contributed by atoms with E-state index in [1.807, 2.05) is 91.0 Å². The Morgan fingerprint density at radius 1 is 0.896 bits per heavy atom. The molecule has 0 bridgehead atoms. The molecular formula is C40H39N3O5. The monoisotopic (exact) mass is 641 g/mol. The quantitative estimate of drug-likeness (QED) is 0.246. The van der Waals surface area contributed by atoms with Crippen LogP contribution in [0.25, 0.3) is 0 Å². The lowest BCUT2D eigenvalue weighted by atomic mass is 9.83. The van der Waals surface area contributed by atoms with Crippen molar-refractivity contribution >= 4 is 34.8 Å². The van der Waals surface area contributed by atoms with Gasteiger partial charge in [-0.15, -0.1) is 0 Å². The topological polar surface area (TPSA) is 101 Å². The van der Waals surface area contributed by atoms with Gasteiger partial charge < -0.3 is 20.0 Å². The first-order chi connectivity index (χ1) is 23.3. The van der Waals surface area contributed by atoms with Crippen LogP contribution < -0.4 is 9.80 Å². The van der Waals surface area contributed by atoms with Gasteiger partial charge in [0.2, 0.25) is 11.8 Å². The summed E-state index contributed by atoms with van der Waals surface area (Å²) >= 11 is 0. The van der Waals surface area contributed by atoms with Gasteiger partial charge in [-0.3, -0.25) is 19.3 Å². The maximum absolute atomic E-state index is 14.1. The second-order valence-electron chi connectivity index (χ2n) is 13.0. The summed E-state index contributed by atoms with van der Waals surface area (Å²) in [5, 5.41) is 22.1. The van der Waals surface area contributed by atoms with Crippen LogP contribution in [0, 0.1) is 5.92 Å². The lowest BCUT2D eigenvalue weighted by Gasteiger charge is -2.36. The molecule has 3 aliphatic rings. The molecule has 0 unspecified atom stereocenters. The minimum Gasteiger partial charge on any atom is -0.394 e. The average molecular weight is 642 g/mol. The highest BCUT2D eigenvalue weighted by Gasteiger charge is 2.52. The van der Waals surface area contributed by atoms with Crippen molar-refractivity contribution < 1.29 is 24.6 Å². The zero-order valence-electron chi connectivity index (χ0n) is 27.0. The lowest BCUT2D eigenvalue weighted by molar-refractivity contribution is -0.139. The molecule has 2 N–H and O–H groups in total. The van der Waals surface area contributed by atoms with Crippen molar-refractivity contribution in [3.05, 3.63) is 137 Å². The van der Waals surface area contributed by atoms with Crippen molar-refractivity contribution in [2.24, 2.45) is 5.92 Å². The van der Waals surface area contributed by atoms with E-state index in [0.29, 0.717) is 37.1 Å². The van der Waals surface area contributed by atoms with Crippen LogP contribution in [0.1, 0.15) is 47.6 Å². The van der Waals surface area contributed by atoms with Gasteiger partial charge in [0.05, 0.1) is 30.6 Å². The summed E-state index contributed by atoms with van der Waals surface area (Å²) in [6, 6.07) is 30.5. The van der Waals surface area contributed by atoms with Crippen molar-refractivity contribution in [1.29, 1.82) is 0 Å². The van der Waals surface area contributed by atoms with Crippen LogP contribution in [0.15, 0.2) is 109 Å². The van der Waals surface area contributed by atoms with Crippen LogP contribution in [0.5, 0.6) is 0 Å². The average Bonchev–Trinajstić information content (AvgIpc) is 3.33. The van der Waals surface area contributed by atoms with E-state index in [4.69, 9.17) is 0 Å². The van der Waals surface area contributed by atoms with Crippen molar-refractivity contribution in [2.45, 2.75) is 57.3 Å². The number of amides is 3. The van der Waals surface area contributed by atoms with Gasteiger partial charge >= 0.3 is 0 Å². The van der Waals surface area contributed by atoms with E-state index >= 15 is 0 Å². The third kappa shape index (κ3) is 5.51. The number of nitrogens with zero attached hydrogens (tertiary/aromatic N) is 3. The van der Waals surface area contributed by atoms with Gasteiger partial charge in [-0.1, -0.05) is 91.9 Å². The summed E-state index contributed by atoms with van der Waals surface area (Å²) < 4.78 is 0. The molecule has 0 spiro atoms. The number of carbonyl (C=O) groups excluding carboxylic acids is 3. The Bertz CT molecular complexity index is 1920. The van der Waals surface area contributed by atoms with Gasteiger partial charge in [0.25, 0.3) is 5.91 Å². The highest BCUT2D eigenvalue weighted by Crippen LogP contribution is 2.46. The molecular weight excluding hydrogens is 602 g/mol. The highest BCUT2D eigenvalue weighted by atomic mass is 16.3. The Morgan fingerprint density at radius 3 is 2.40 bits per heavy atom. The van der Waals surface area contributed by atoms with Crippen LogP contribution in [0.2, 0.25) is 0 Å². The number of hydrogen-bond acceptors (Lipinski definition) is 5. The molecule has 3 heterocycles. The molecule has 8 heteroatoms. The molecule has 8 nitrogen and oxygen atoms in total. The summed E-state index contributed by atoms with van der Waals surface area (Å²) in [5.74, 6) is -1.16. The Kier molecular flexibility index (Phi) is 8.45.